The van der Waals surface area contributed by atoms with Gasteiger partial charge in [-0.05, 0) is 12.1 Å². The number of H-pyrrole nitrogens is 1. The molecule has 0 aliphatic rings. The van der Waals surface area contributed by atoms with Crippen LogP contribution in [0.2, 0.25) is 0 Å². The van der Waals surface area contributed by atoms with E-state index >= 15 is 0 Å². The first-order chi connectivity index (χ1) is 11.0. The van der Waals surface area contributed by atoms with E-state index < -0.39 is 0 Å². The van der Waals surface area contributed by atoms with Crippen molar-refractivity contribution in [2.45, 2.75) is 19.9 Å². The number of fused-ring (bicyclic) bond motifs is 1. The van der Waals surface area contributed by atoms with E-state index in [9.17, 15) is 19.2 Å². The topological polar surface area (TPSA) is 113 Å². The Morgan fingerprint density at radius 2 is 1.74 bits per heavy atom. The third kappa shape index (κ3) is 4.29. The lowest BCUT2D eigenvalue weighted by atomic mass is 10.2. The summed E-state index contributed by atoms with van der Waals surface area (Å²) in [6.45, 7) is 2.12. The highest BCUT2D eigenvalue weighted by atomic mass is 16.2. The van der Waals surface area contributed by atoms with Crippen LogP contribution in [-0.2, 0) is 16.1 Å². The highest BCUT2D eigenvalue weighted by molar-refractivity contribution is 5.80. The molecule has 122 valence electrons. The molecule has 0 unspecified atom stereocenters. The van der Waals surface area contributed by atoms with E-state index in [1.807, 2.05) is 0 Å². The maximum atomic E-state index is 12.2. The SMILES string of the molecule is CC(=O)NCCNC(=O)CCn1[nH]c(=O)c2ccccc2c1=O. The second-order valence-electron chi connectivity index (χ2n) is 5.03. The summed E-state index contributed by atoms with van der Waals surface area (Å²) in [5.74, 6) is -0.434. The molecule has 2 amide bonds. The summed E-state index contributed by atoms with van der Waals surface area (Å²) in [5, 5.41) is 8.29. The van der Waals surface area contributed by atoms with Crippen LogP contribution in [-0.4, -0.2) is 34.7 Å². The van der Waals surface area contributed by atoms with Crippen LogP contribution in [0, 0.1) is 0 Å². The third-order valence-electron chi connectivity index (χ3n) is 3.27. The van der Waals surface area contributed by atoms with Crippen LogP contribution in [0.25, 0.3) is 10.8 Å². The number of carbonyl (C=O) groups excluding carboxylic acids is 2. The van der Waals surface area contributed by atoms with Crippen LogP contribution >= 0.6 is 0 Å². The van der Waals surface area contributed by atoms with Crippen molar-refractivity contribution in [3.05, 3.63) is 45.0 Å². The fourth-order valence-corrected chi connectivity index (χ4v) is 2.15. The average molecular weight is 318 g/mol. The number of benzene rings is 1. The van der Waals surface area contributed by atoms with Crippen molar-refractivity contribution >= 4 is 22.6 Å². The van der Waals surface area contributed by atoms with E-state index in [0.29, 0.717) is 23.9 Å². The molecule has 1 heterocycles. The van der Waals surface area contributed by atoms with Gasteiger partial charge in [-0.1, -0.05) is 12.1 Å². The lowest BCUT2D eigenvalue weighted by Crippen LogP contribution is -2.35. The number of hydrogen-bond donors (Lipinski definition) is 3. The number of aryl methyl sites for hydroxylation is 1. The Labute approximate surface area is 131 Å². The predicted octanol–water partition coefficient (Wildman–Crippen LogP) is -0.668. The first kappa shape index (κ1) is 16.5. The lowest BCUT2D eigenvalue weighted by molar-refractivity contribution is -0.122. The summed E-state index contributed by atoms with van der Waals surface area (Å²) in [5.41, 5.74) is -0.711. The van der Waals surface area contributed by atoms with Gasteiger partial charge in [0.05, 0.1) is 17.3 Å². The molecular weight excluding hydrogens is 300 g/mol. The summed E-state index contributed by atoms with van der Waals surface area (Å²) < 4.78 is 1.14. The zero-order valence-corrected chi connectivity index (χ0v) is 12.7. The van der Waals surface area contributed by atoms with Crippen LogP contribution in [0.3, 0.4) is 0 Å². The zero-order valence-electron chi connectivity index (χ0n) is 12.7. The van der Waals surface area contributed by atoms with Crippen molar-refractivity contribution in [2.75, 3.05) is 13.1 Å². The summed E-state index contributed by atoms with van der Waals surface area (Å²) in [6, 6.07) is 6.53. The first-order valence-corrected chi connectivity index (χ1v) is 7.22. The molecule has 23 heavy (non-hydrogen) atoms. The van der Waals surface area contributed by atoms with Crippen molar-refractivity contribution in [3.63, 3.8) is 0 Å². The van der Waals surface area contributed by atoms with E-state index in [-0.39, 0.29) is 35.9 Å². The molecule has 0 saturated carbocycles. The van der Waals surface area contributed by atoms with Gasteiger partial charge in [-0.25, -0.2) is 4.68 Å². The van der Waals surface area contributed by atoms with Crippen LogP contribution in [0.5, 0.6) is 0 Å². The first-order valence-electron chi connectivity index (χ1n) is 7.22. The van der Waals surface area contributed by atoms with Gasteiger partial charge in [-0.15, -0.1) is 0 Å². The molecule has 0 spiro atoms. The van der Waals surface area contributed by atoms with Crippen LogP contribution in [0.4, 0.5) is 0 Å². The van der Waals surface area contributed by atoms with Gasteiger partial charge in [-0.2, -0.15) is 0 Å². The van der Waals surface area contributed by atoms with Crippen molar-refractivity contribution < 1.29 is 9.59 Å². The number of carbonyl (C=O) groups is 2. The van der Waals surface area contributed by atoms with Crippen LogP contribution in [0.1, 0.15) is 13.3 Å². The summed E-state index contributed by atoms with van der Waals surface area (Å²) in [4.78, 5) is 46.5. The minimum atomic E-state index is -0.369. The number of aromatic amines is 1. The molecule has 8 nitrogen and oxygen atoms in total. The number of nitrogens with zero attached hydrogens (tertiary/aromatic N) is 1. The number of hydrogen-bond acceptors (Lipinski definition) is 4. The maximum Gasteiger partial charge on any atom is 0.273 e. The molecule has 0 radical (unpaired) electrons. The molecule has 0 saturated heterocycles. The Kier molecular flexibility index (Phi) is 5.29. The molecule has 0 aliphatic heterocycles. The van der Waals surface area contributed by atoms with Gasteiger partial charge in [0, 0.05) is 26.4 Å². The normalized spacial score (nSPS) is 10.5. The van der Waals surface area contributed by atoms with Crippen molar-refractivity contribution in [2.24, 2.45) is 0 Å². The van der Waals surface area contributed by atoms with E-state index in [2.05, 4.69) is 15.7 Å². The predicted molar refractivity (Wildman–Crippen MR) is 85.1 cm³/mol. The van der Waals surface area contributed by atoms with Gasteiger partial charge in [0.2, 0.25) is 11.8 Å². The summed E-state index contributed by atoms with van der Waals surface area (Å²) in [7, 11) is 0. The van der Waals surface area contributed by atoms with Gasteiger partial charge >= 0.3 is 0 Å². The molecular formula is C15H18N4O4. The Bertz CT molecular complexity index is 837. The summed E-state index contributed by atoms with van der Waals surface area (Å²) in [6.07, 6.45) is 0.0499. The minimum Gasteiger partial charge on any atom is -0.355 e. The second-order valence-corrected chi connectivity index (χ2v) is 5.03. The van der Waals surface area contributed by atoms with Crippen LogP contribution in [0.15, 0.2) is 33.9 Å². The average Bonchev–Trinajstić information content (AvgIpc) is 2.53. The van der Waals surface area contributed by atoms with E-state index in [0.717, 1.165) is 4.68 Å². The van der Waals surface area contributed by atoms with E-state index in [4.69, 9.17) is 0 Å². The molecule has 3 N–H and O–H groups in total. The standard InChI is InChI=1S/C15H18N4O4/c1-10(20)16-7-8-17-13(21)6-9-19-15(23)12-5-3-2-4-11(12)14(22)18-19/h2-5H,6-9H2,1H3,(H,16,20)(H,17,21)(H,18,22). The number of nitrogens with one attached hydrogen (secondary N) is 3. The van der Waals surface area contributed by atoms with Gasteiger partial charge in [-0.3, -0.25) is 24.3 Å². The molecule has 0 bridgehead atoms. The summed E-state index contributed by atoms with van der Waals surface area (Å²) >= 11 is 0. The minimum absolute atomic E-state index is 0.0499. The van der Waals surface area contributed by atoms with E-state index in [1.165, 1.54) is 6.92 Å². The largest absolute Gasteiger partial charge is 0.355 e. The maximum absolute atomic E-state index is 12.2. The highest BCUT2D eigenvalue weighted by Crippen LogP contribution is 2.02. The molecule has 1 aromatic heterocycles. The fourth-order valence-electron chi connectivity index (χ4n) is 2.15. The highest BCUT2D eigenvalue weighted by Gasteiger charge is 2.08. The monoisotopic (exact) mass is 318 g/mol. The molecule has 0 aliphatic carbocycles. The molecule has 2 aromatic rings. The van der Waals surface area contributed by atoms with Gasteiger partial charge in [0.15, 0.2) is 0 Å². The third-order valence-corrected chi connectivity index (χ3v) is 3.27. The van der Waals surface area contributed by atoms with E-state index in [1.54, 1.807) is 24.3 Å². The fraction of sp³-hybridized carbons (Fsp3) is 0.333. The lowest BCUT2D eigenvalue weighted by Gasteiger charge is -2.08. The van der Waals surface area contributed by atoms with Gasteiger partial charge < -0.3 is 10.6 Å². The molecule has 0 atom stereocenters. The zero-order chi connectivity index (χ0) is 16.8. The molecule has 2 rings (SSSR count). The van der Waals surface area contributed by atoms with Gasteiger partial charge in [0.25, 0.3) is 11.1 Å². The van der Waals surface area contributed by atoms with Gasteiger partial charge in [0.1, 0.15) is 0 Å². The Morgan fingerprint density at radius 3 is 2.43 bits per heavy atom. The second kappa shape index (κ2) is 7.39. The van der Waals surface area contributed by atoms with Crippen molar-refractivity contribution in [1.82, 2.24) is 20.4 Å². The van der Waals surface area contributed by atoms with Crippen molar-refractivity contribution in [3.8, 4) is 0 Å². The van der Waals surface area contributed by atoms with Crippen molar-refractivity contribution in [1.29, 1.82) is 0 Å². The quantitative estimate of drug-likeness (QED) is 0.613. The molecule has 8 heteroatoms. The number of rotatable bonds is 6. The number of amides is 2. The Morgan fingerprint density at radius 1 is 1.09 bits per heavy atom. The number of aromatic nitrogens is 2. The Balaban J connectivity index is 1.98. The van der Waals surface area contributed by atoms with Crippen LogP contribution < -0.4 is 21.8 Å². The molecule has 1 aromatic carbocycles. The Hall–Kier alpha value is -2.90. The molecule has 0 fully saturated rings. The smallest absolute Gasteiger partial charge is 0.273 e.